The highest BCUT2D eigenvalue weighted by Gasteiger charge is 2.25. The summed E-state index contributed by atoms with van der Waals surface area (Å²) in [7, 11) is -0.0356. The molecular formula is C13H23N3O3S. The van der Waals surface area contributed by atoms with Crippen LogP contribution in [0.25, 0.3) is 0 Å². The average Bonchev–Trinajstić information content (AvgIpc) is 2.24. The van der Waals surface area contributed by atoms with Crippen molar-refractivity contribution in [1.29, 1.82) is 0 Å². The molecule has 114 valence electrons. The van der Waals surface area contributed by atoms with Gasteiger partial charge in [-0.2, -0.15) is 0 Å². The van der Waals surface area contributed by atoms with Crippen LogP contribution in [0.4, 0.5) is 5.69 Å². The Morgan fingerprint density at radius 3 is 2.50 bits per heavy atom. The predicted molar refractivity (Wildman–Crippen MR) is 80.0 cm³/mol. The van der Waals surface area contributed by atoms with Crippen molar-refractivity contribution in [1.82, 2.24) is 9.62 Å². The second kappa shape index (κ2) is 6.09. The van der Waals surface area contributed by atoms with Gasteiger partial charge < -0.3 is 15.7 Å². The molecule has 0 bridgehead atoms. The number of anilines is 1. The van der Waals surface area contributed by atoms with Crippen molar-refractivity contribution in [3.8, 4) is 0 Å². The minimum absolute atomic E-state index is 0.0582. The van der Waals surface area contributed by atoms with Gasteiger partial charge in [-0.25, -0.2) is 13.1 Å². The summed E-state index contributed by atoms with van der Waals surface area (Å²) >= 11 is 0. The molecular weight excluding hydrogens is 278 g/mol. The number of nitrogens with zero attached hydrogens (tertiary/aromatic N) is 1. The van der Waals surface area contributed by atoms with Gasteiger partial charge in [-0.15, -0.1) is 0 Å². The second-order valence-electron chi connectivity index (χ2n) is 5.58. The Hall–Kier alpha value is -1.15. The topological polar surface area (TPSA) is 95.7 Å². The molecule has 6 nitrogen and oxygen atoms in total. The molecule has 0 spiro atoms. The number of hydrogen-bond donors (Lipinski definition) is 3. The molecule has 0 amide bonds. The highest BCUT2D eigenvalue weighted by Crippen LogP contribution is 2.18. The van der Waals surface area contributed by atoms with Crippen molar-refractivity contribution in [3.63, 3.8) is 0 Å². The number of nitrogens with two attached hydrogens (primary N) is 1. The van der Waals surface area contributed by atoms with Crippen LogP contribution < -0.4 is 10.5 Å². The Bertz CT molecular complexity index is 568. The van der Waals surface area contributed by atoms with E-state index in [-0.39, 0.29) is 11.4 Å². The Morgan fingerprint density at radius 2 is 2.00 bits per heavy atom. The molecule has 4 N–H and O–H groups in total. The van der Waals surface area contributed by atoms with Crippen LogP contribution in [0.2, 0.25) is 0 Å². The van der Waals surface area contributed by atoms with Gasteiger partial charge in [-0.1, -0.05) is 0 Å². The maximum Gasteiger partial charge on any atom is 0.240 e. The smallest absolute Gasteiger partial charge is 0.240 e. The third-order valence-electron chi connectivity index (χ3n) is 2.79. The number of aliphatic hydroxyl groups is 1. The maximum absolute atomic E-state index is 12.2. The first-order chi connectivity index (χ1) is 9.03. The average molecular weight is 301 g/mol. The zero-order valence-electron chi connectivity index (χ0n) is 12.3. The van der Waals surface area contributed by atoms with Gasteiger partial charge in [-0.3, -0.25) is 0 Å². The number of hydrogen-bond acceptors (Lipinski definition) is 5. The van der Waals surface area contributed by atoms with Crippen LogP contribution in [0.1, 0.15) is 12.5 Å². The zero-order chi connectivity index (χ0) is 15.6. The van der Waals surface area contributed by atoms with Gasteiger partial charge in [0.2, 0.25) is 10.0 Å². The molecule has 20 heavy (non-hydrogen) atoms. The molecule has 7 heteroatoms. The van der Waals surface area contributed by atoms with Crippen LogP contribution in [0.5, 0.6) is 0 Å². The van der Waals surface area contributed by atoms with Gasteiger partial charge in [0, 0.05) is 18.8 Å². The Kier molecular flexibility index (Phi) is 5.15. The SMILES string of the molecule is Cc1cc(N)ccc1S(=O)(=O)NCC(C)(O)CN(C)C. The molecule has 1 atom stereocenters. The van der Waals surface area contributed by atoms with E-state index in [1.807, 2.05) is 14.1 Å². The highest BCUT2D eigenvalue weighted by atomic mass is 32.2. The molecule has 1 aromatic rings. The van der Waals surface area contributed by atoms with Crippen molar-refractivity contribution in [3.05, 3.63) is 23.8 Å². The van der Waals surface area contributed by atoms with Crippen LogP contribution >= 0.6 is 0 Å². The molecule has 0 aliphatic heterocycles. The molecule has 0 fully saturated rings. The van der Waals surface area contributed by atoms with Gasteiger partial charge in [0.15, 0.2) is 0 Å². The van der Waals surface area contributed by atoms with E-state index in [1.54, 1.807) is 30.9 Å². The lowest BCUT2D eigenvalue weighted by molar-refractivity contribution is 0.0386. The van der Waals surface area contributed by atoms with Crippen LogP contribution in [0, 0.1) is 6.92 Å². The molecule has 0 saturated carbocycles. The summed E-state index contributed by atoms with van der Waals surface area (Å²) in [6.07, 6.45) is 0. The van der Waals surface area contributed by atoms with Crippen molar-refractivity contribution in [2.45, 2.75) is 24.3 Å². The lowest BCUT2D eigenvalue weighted by atomic mass is 10.1. The number of rotatable bonds is 6. The number of nitrogens with one attached hydrogen (secondary N) is 1. The lowest BCUT2D eigenvalue weighted by Crippen LogP contribution is -2.47. The molecule has 1 aromatic carbocycles. The number of benzene rings is 1. The van der Waals surface area contributed by atoms with E-state index >= 15 is 0 Å². The van der Waals surface area contributed by atoms with E-state index in [4.69, 9.17) is 5.73 Å². The van der Waals surface area contributed by atoms with Crippen molar-refractivity contribution in [2.75, 3.05) is 32.9 Å². The number of likely N-dealkylation sites (N-methyl/N-ethyl adjacent to an activating group) is 1. The fourth-order valence-corrected chi connectivity index (χ4v) is 3.43. The van der Waals surface area contributed by atoms with Crippen LogP contribution in [0.3, 0.4) is 0 Å². The standard InChI is InChI=1S/C13H23N3O3S/c1-10-7-11(14)5-6-12(10)20(18,19)15-8-13(2,17)9-16(3)4/h5-7,15,17H,8-9,14H2,1-4H3. The van der Waals surface area contributed by atoms with Gasteiger partial charge in [0.25, 0.3) is 0 Å². The maximum atomic E-state index is 12.2. The predicted octanol–water partition coefficient (Wildman–Crippen LogP) is 0.168. The number of aryl methyl sites for hydroxylation is 1. The molecule has 1 rings (SSSR count). The van der Waals surface area contributed by atoms with E-state index < -0.39 is 15.6 Å². The van der Waals surface area contributed by atoms with E-state index in [1.165, 1.54) is 6.07 Å². The second-order valence-corrected chi connectivity index (χ2v) is 7.32. The van der Waals surface area contributed by atoms with Crippen LogP contribution in [-0.2, 0) is 10.0 Å². The summed E-state index contributed by atoms with van der Waals surface area (Å²) in [5.41, 5.74) is 5.56. The van der Waals surface area contributed by atoms with Gasteiger partial charge in [0.05, 0.1) is 10.5 Å². The van der Waals surface area contributed by atoms with E-state index in [0.717, 1.165) is 0 Å². The highest BCUT2D eigenvalue weighted by molar-refractivity contribution is 7.89. The van der Waals surface area contributed by atoms with Gasteiger partial charge in [0.1, 0.15) is 0 Å². The van der Waals surface area contributed by atoms with Crippen molar-refractivity contribution < 1.29 is 13.5 Å². The van der Waals surface area contributed by atoms with Crippen LogP contribution in [-0.4, -0.2) is 51.2 Å². The molecule has 0 heterocycles. The van der Waals surface area contributed by atoms with E-state index in [9.17, 15) is 13.5 Å². The van der Waals surface area contributed by atoms with Crippen molar-refractivity contribution in [2.24, 2.45) is 0 Å². The number of nitrogen functional groups attached to an aromatic ring is 1. The van der Waals surface area contributed by atoms with E-state index in [0.29, 0.717) is 17.8 Å². The molecule has 0 aromatic heterocycles. The van der Waals surface area contributed by atoms with Crippen molar-refractivity contribution >= 4 is 15.7 Å². The number of sulfonamides is 1. The third-order valence-corrected chi connectivity index (χ3v) is 4.35. The fourth-order valence-electron chi connectivity index (χ4n) is 2.04. The fraction of sp³-hybridized carbons (Fsp3) is 0.538. The van der Waals surface area contributed by atoms with E-state index in [2.05, 4.69) is 4.72 Å². The molecule has 0 radical (unpaired) electrons. The summed E-state index contributed by atoms with van der Waals surface area (Å²) in [5.74, 6) is 0. The molecule has 1 unspecified atom stereocenters. The zero-order valence-corrected chi connectivity index (χ0v) is 13.2. The summed E-state index contributed by atoms with van der Waals surface area (Å²) in [5, 5.41) is 10.1. The molecule has 0 saturated heterocycles. The minimum Gasteiger partial charge on any atom is -0.399 e. The first kappa shape index (κ1) is 16.9. The summed E-state index contributed by atoms with van der Waals surface area (Å²) < 4.78 is 26.9. The van der Waals surface area contributed by atoms with Crippen LogP contribution in [0.15, 0.2) is 23.1 Å². The minimum atomic E-state index is -3.66. The Labute approximate surface area is 120 Å². The Balaban J connectivity index is 2.85. The first-order valence-corrected chi connectivity index (χ1v) is 7.75. The Morgan fingerprint density at radius 1 is 1.40 bits per heavy atom. The summed E-state index contributed by atoms with van der Waals surface area (Å²) in [6, 6.07) is 4.61. The van der Waals surface area contributed by atoms with Gasteiger partial charge >= 0.3 is 0 Å². The molecule has 0 aliphatic carbocycles. The third kappa shape index (κ3) is 4.75. The quantitative estimate of drug-likeness (QED) is 0.651. The summed E-state index contributed by atoms with van der Waals surface area (Å²) in [6.45, 7) is 3.57. The normalized spacial score (nSPS) is 15.3. The summed E-state index contributed by atoms with van der Waals surface area (Å²) in [4.78, 5) is 1.97. The molecule has 0 aliphatic rings. The lowest BCUT2D eigenvalue weighted by Gasteiger charge is -2.27. The monoisotopic (exact) mass is 301 g/mol. The first-order valence-electron chi connectivity index (χ1n) is 6.26. The largest absolute Gasteiger partial charge is 0.399 e. The van der Waals surface area contributed by atoms with Gasteiger partial charge in [-0.05, 0) is 51.7 Å².